The summed E-state index contributed by atoms with van der Waals surface area (Å²) in [4.78, 5) is 24.5. The number of piperidine rings is 1. The molecule has 116 valence electrons. The fraction of sp³-hybridized carbons (Fsp3) is 0.867. The van der Waals surface area contributed by atoms with Gasteiger partial charge in [0.15, 0.2) is 0 Å². The van der Waals surface area contributed by atoms with Crippen LogP contribution in [0.5, 0.6) is 0 Å². The van der Waals surface area contributed by atoms with Crippen molar-refractivity contribution >= 4 is 11.9 Å². The number of hydrogen-bond acceptors (Lipinski definition) is 3. The summed E-state index contributed by atoms with van der Waals surface area (Å²) >= 11 is 0. The molecule has 0 aliphatic carbocycles. The van der Waals surface area contributed by atoms with Gasteiger partial charge < -0.3 is 15.3 Å². The summed E-state index contributed by atoms with van der Waals surface area (Å²) in [5.74, 6) is -0.173. The van der Waals surface area contributed by atoms with Gasteiger partial charge in [0.05, 0.1) is 12.5 Å². The van der Waals surface area contributed by atoms with Crippen LogP contribution in [0, 0.1) is 11.8 Å². The molecule has 0 aromatic heterocycles. The fourth-order valence-corrected chi connectivity index (χ4v) is 2.49. The summed E-state index contributed by atoms with van der Waals surface area (Å²) in [6.07, 6.45) is 4.69. The van der Waals surface area contributed by atoms with Gasteiger partial charge in [0.25, 0.3) is 0 Å². The van der Waals surface area contributed by atoms with Crippen LogP contribution in [0.3, 0.4) is 0 Å². The maximum atomic E-state index is 11.9. The minimum atomic E-state index is -0.736. The van der Waals surface area contributed by atoms with Crippen molar-refractivity contribution in [2.45, 2.75) is 46.0 Å². The number of aliphatic carboxylic acids is 1. The fourth-order valence-electron chi connectivity index (χ4n) is 2.49. The van der Waals surface area contributed by atoms with E-state index in [1.54, 1.807) is 4.90 Å². The molecule has 0 saturated carbocycles. The molecule has 0 unspecified atom stereocenters. The first-order valence-electron chi connectivity index (χ1n) is 7.72. The van der Waals surface area contributed by atoms with Gasteiger partial charge in [-0.15, -0.1) is 0 Å². The molecule has 20 heavy (non-hydrogen) atoms. The largest absolute Gasteiger partial charge is 0.481 e. The molecule has 0 radical (unpaired) electrons. The molecule has 1 aliphatic rings. The van der Waals surface area contributed by atoms with Crippen molar-refractivity contribution < 1.29 is 14.7 Å². The van der Waals surface area contributed by atoms with Crippen LogP contribution in [0.25, 0.3) is 0 Å². The smallest absolute Gasteiger partial charge is 0.306 e. The average Bonchev–Trinajstić information content (AvgIpc) is 2.42. The number of carbonyl (C=O) groups is 2. The van der Waals surface area contributed by atoms with Gasteiger partial charge in [0.1, 0.15) is 0 Å². The second-order valence-electron chi connectivity index (χ2n) is 6.06. The van der Waals surface area contributed by atoms with Crippen molar-refractivity contribution in [1.82, 2.24) is 10.2 Å². The third-order valence-electron chi connectivity index (χ3n) is 3.86. The van der Waals surface area contributed by atoms with Crippen LogP contribution >= 0.6 is 0 Å². The zero-order chi connectivity index (χ0) is 15.0. The van der Waals surface area contributed by atoms with Crippen molar-refractivity contribution in [2.24, 2.45) is 11.8 Å². The van der Waals surface area contributed by atoms with Crippen molar-refractivity contribution in [3.05, 3.63) is 0 Å². The number of likely N-dealkylation sites (tertiary alicyclic amines) is 1. The lowest BCUT2D eigenvalue weighted by Gasteiger charge is -2.30. The number of unbranched alkanes of at least 4 members (excludes halogenated alkanes) is 1. The lowest BCUT2D eigenvalue weighted by atomic mass is 9.97. The number of nitrogens with zero attached hydrogens (tertiary/aromatic N) is 1. The van der Waals surface area contributed by atoms with E-state index in [1.807, 2.05) is 0 Å². The van der Waals surface area contributed by atoms with E-state index in [-0.39, 0.29) is 11.8 Å². The quantitative estimate of drug-likeness (QED) is 0.666. The van der Waals surface area contributed by atoms with Crippen molar-refractivity contribution in [1.29, 1.82) is 0 Å². The van der Waals surface area contributed by atoms with Crippen molar-refractivity contribution in [2.75, 3.05) is 26.2 Å². The Morgan fingerprint density at radius 1 is 1.25 bits per heavy atom. The minimum Gasteiger partial charge on any atom is -0.481 e. The van der Waals surface area contributed by atoms with E-state index in [1.165, 1.54) is 12.8 Å². The molecular weight excluding hydrogens is 256 g/mol. The molecule has 1 fully saturated rings. The van der Waals surface area contributed by atoms with Crippen LogP contribution in [0.4, 0.5) is 0 Å². The van der Waals surface area contributed by atoms with Crippen LogP contribution in [-0.2, 0) is 9.59 Å². The summed E-state index contributed by atoms with van der Waals surface area (Å²) in [6.45, 7) is 6.84. The molecule has 1 amide bonds. The summed E-state index contributed by atoms with van der Waals surface area (Å²) in [7, 11) is 0. The first-order valence-corrected chi connectivity index (χ1v) is 7.72. The highest BCUT2D eigenvalue weighted by Gasteiger charge is 2.26. The van der Waals surface area contributed by atoms with Crippen LogP contribution < -0.4 is 5.32 Å². The summed E-state index contributed by atoms with van der Waals surface area (Å²) in [5.41, 5.74) is 0. The SMILES string of the molecule is CC(C)CCCCNCC(=O)N1CCC(C(=O)O)CC1. The topological polar surface area (TPSA) is 69.6 Å². The van der Waals surface area contributed by atoms with Gasteiger partial charge in [0.2, 0.25) is 5.91 Å². The second-order valence-corrected chi connectivity index (χ2v) is 6.06. The summed E-state index contributed by atoms with van der Waals surface area (Å²) < 4.78 is 0. The van der Waals surface area contributed by atoms with Crippen LogP contribution in [0.2, 0.25) is 0 Å². The van der Waals surface area contributed by atoms with Crippen molar-refractivity contribution in [3.8, 4) is 0 Å². The molecule has 0 spiro atoms. The number of carboxylic acid groups (broad SMARTS) is 1. The van der Waals surface area contributed by atoms with E-state index in [9.17, 15) is 9.59 Å². The number of rotatable bonds is 8. The molecule has 0 aromatic rings. The Kier molecular flexibility index (Phi) is 7.59. The molecule has 1 aliphatic heterocycles. The molecule has 5 heteroatoms. The number of carboxylic acids is 1. The molecule has 5 nitrogen and oxygen atoms in total. The second kappa shape index (κ2) is 8.95. The standard InChI is InChI=1S/C15H28N2O3/c1-12(2)5-3-4-8-16-11-14(18)17-9-6-13(7-10-17)15(19)20/h12-13,16H,3-11H2,1-2H3,(H,19,20). The molecule has 0 atom stereocenters. The minimum absolute atomic E-state index is 0.0951. The van der Waals surface area contributed by atoms with E-state index in [0.717, 1.165) is 18.9 Å². The van der Waals surface area contributed by atoms with E-state index in [4.69, 9.17) is 5.11 Å². The van der Waals surface area contributed by atoms with Crippen LogP contribution in [-0.4, -0.2) is 48.1 Å². The molecular formula is C15H28N2O3. The molecule has 1 saturated heterocycles. The van der Waals surface area contributed by atoms with Gasteiger partial charge in [-0.3, -0.25) is 9.59 Å². The van der Waals surface area contributed by atoms with Gasteiger partial charge in [-0.2, -0.15) is 0 Å². The lowest BCUT2D eigenvalue weighted by Crippen LogP contribution is -2.44. The highest BCUT2D eigenvalue weighted by molar-refractivity contribution is 5.78. The Labute approximate surface area is 121 Å². The predicted octanol–water partition coefficient (Wildman–Crippen LogP) is 1.73. The molecule has 0 bridgehead atoms. The summed E-state index contributed by atoms with van der Waals surface area (Å²) in [5, 5.41) is 12.1. The normalized spacial score (nSPS) is 16.6. The highest BCUT2D eigenvalue weighted by atomic mass is 16.4. The molecule has 1 heterocycles. The Balaban J connectivity index is 2.07. The maximum absolute atomic E-state index is 11.9. The summed E-state index contributed by atoms with van der Waals surface area (Å²) in [6, 6.07) is 0. The lowest BCUT2D eigenvalue weighted by molar-refractivity contribution is -0.145. The zero-order valence-electron chi connectivity index (χ0n) is 12.7. The molecule has 1 rings (SSSR count). The van der Waals surface area contributed by atoms with E-state index < -0.39 is 5.97 Å². The Morgan fingerprint density at radius 2 is 1.90 bits per heavy atom. The maximum Gasteiger partial charge on any atom is 0.306 e. The first-order chi connectivity index (χ1) is 9.50. The number of amides is 1. The third kappa shape index (κ3) is 6.37. The number of carbonyl (C=O) groups excluding carboxylic acids is 1. The number of nitrogens with one attached hydrogen (secondary N) is 1. The van der Waals surface area contributed by atoms with Gasteiger partial charge in [-0.25, -0.2) is 0 Å². The van der Waals surface area contributed by atoms with Gasteiger partial charge >= 0.3 is 5.97 Å². The molecule has 0 aromatic carbocycles. The monoisotopic (exact) mass is 284 g/mol. The van der Waals surface area contributed by atoms with E-state index in [2.05, 4.69) is 19.2 Å². The van der Waals surface area contributed by atoms with Crippen LogP contribution in [0.15, 0.2) is 0 Å². The van der Waals surface area contributed by atoms with Crippen molar-refractivity contribution in [3.63, 3.8) is 0 Å². The van der Waals surface area contributed by atoms with E-state index in [0.29, 0.717) is 32.5 Å². The third-order valence-corrected chi connectivity index (χ3v) is 3.86. The van der Waals surface area contributed by atoms with Crippen LogP contribution in [0.1, 0.15) is 46.0 Å². The zero-order valence-corrected chi connectivity index (χ0v) is 12.7. The molecule has 2 N–H and O–H groups in total. The Hall–Kier alpha value is -1.10. The number of hydrogen-bond donors (Lipinski definition) is 2. The van der Waals surface area contributed by atoms with E-state index >= 15 is 0 Å². The Morgan fingerprint density at radius 3 is 2.45 bits per heavy atom. The van der Waals surface area contributed by atoms with Gasteiger partial charge in [-0.1, -0.05) is 26.7 Å². The average molecular weight is 284 g/mol. The highest BCUT2D eigenvalue weighted by Crippen LogP contribution is 2.17. The van der Waals surface area contributed by atoms with Gasteiger partial charge in [-0.05, 0) is 31.7 Å². The first kappa shape index (κ1) is 17.0. The van der Waals surface area contributed by atoms with Gasteiger partial charge in [0, 0.05) is 13.1 Å². The predicted molar refractivity (Wildman–Crippen MR) is 78.5 cm³/mol. The Bertz CT molecular complexity index is 310.